The second-order valence-corrected chi connectivity index (χ2v) is 6.01. The third-order valence-corrected chi connectivity index (χ3v) is 3.78. The Balaban J connectivity index is 1.94. The fourth-order valence-electron chi connectivity index (χ4n) is 2.09. The number of halogens is 1. The van der Waals surface area contributed by atoms with Crippen LogP contribution in [0.25, 0.3) is 11.2 Å². The van der Waals surface area contributed by atoms with Crippen molar-refractivity contribution in [3.8, 4) is 0 Å². The molecule has 0 bridgehead atoms. The number of nitrogens with zero attached hydrogens (tertiary/aromatic N) is 4. The van der Waals surface area contributed by atoms with E-state index in [9.17, 15) is 14.8 Å². The zero-order valence-electron chi connectivity index (χ0n) is 10.6. The summed E-state index contributed by atoms with van der Waals surface area (Å²) in [6, 6.07) is 0. The lowest BCUT2D eigenvalue weighted by Crippen LogP contribution is -2.32. The van der Waals surface area contributed by atoms with Gasteiger partial charge < -0.3 is 24.7 Å². The van der Waals surface area contributed by atoms with Gasteiger partial charge in [0.2, 0.25) is 0 Å². The Kier molecular flexibility index (Phi) is 3.91. The molecule has 0 amide bonds. The summed E-state index contributed by atoms with van der Waals surface area (Å²) in [5, 5.41) is 19.9. The maximum Gasteiger partial charge on any atom is 0.472 e. The Morgan fingerprint density at radius 2 is 2.00 bits per heavy atom. The summed E-state index contributed by atoms with van der Waals surface area (Å²) >= 11 is 5.85. The standard InChI is InChI=1S/C9H10ClN4O7P/c10-6-3-7(12-1-11-6)14(2-13-3)8-4(15)5(16)9(20-8)21-22(17,18)19/h1-2,4-5,8-9,15-16H,(H2,17,18,19)/t4-,5+,8?,9-/m1/s1. The molecule has 13 heteroatoms. The Bertz CT molecular complexity index is 751. The van der Waals surface area contributed by atoms with Crippen LogP contribution in [0.3, 0.4) is 0 Å². The molecule has 0 saturated carbocycles. The minimum atomic E-state index is -4.91. The first kappa shape index (κ1) is 15.7. The fraction of sp³-hybridized carbons (Fsp3) is 0.444. The Labute approximate surface area is 127 Å². The highest BCUT2D eigenvalue weighted by molar-refractivity contribution is 7.46. The average Bonchev–Trinajstić information content (AvgIpc) is 2.95. The van der Waals surface area contributed by atoms with Crippen molar-refractivity contribution < 1.29 is 33.8 Å². The van der Waals surface area contributed by atoms with E-state index >= 15 is 0 Å². The van der Waals surface area contributed by atoms with E-state index in [1.165, 1.54) is 17.2 Å². The molecule has 11 nitrogen and oxygen atoms in total. The number of aromatic nitrogens is 4. The van der Waals surface area contributed by atoms with Gasteiger partial charge in [0.25, 0.3) is 0 Å². The van der Waals surface area contributed by atoms with Crippen molar-refractivity contribution in [2.45, 2.75) is 24.7 Å². The van der Waals surface area contributed by atoms with E-state index < -0.39 is 32.5 Å². The lowest BCUT2D eigenvalue weighted by atomic mass is 10.2. The molecule has 4 N–H and O–H groups in total. The molecule has 2 aromatic rings. The molecule has 4 atom stereocenters. The van der Waals surface area contributed by atoms with Crippen molar-refractivity contribution in [3.05, 3.63) is 17.8 Å². The number of imidazole rings is 1. The van der Waals surface area contributed by atoms with Gasteiger partial charge in [-0.3, -0.25) is 9.09 Å². The van der Waals surface area contributed by atoms with Gasteiger partial charge in [-0.2, -0.15) is 0 Å². The van der Waals surface area contributed by atoms with E-state index in [4.69, 9.17) is 26.1 Å². The van der Waals surface area contributed by atoms with Crippen molar-refractivity contribution >= 4 is 30.6 Å². The van der Waals surface area contributed by atoms with Crippen molar-refractivity contribution in [2.75, 3.05) is 0 Å². The molecule has 0 aliphatic carbocycles. The number of aliphatic hydroxyl groups excluding tert-OH is 2. The van der Waals surface area contributed by atoms with Crippen LogP contribution in [0.15, 0.2) is 12.7 Å². The fourth-order valence-corrected chi connectivity index (χ4v) is 2.71. The molecule has 0 spiro atoms. The summed E-state index contributed by atoms with van der Waals surface area (Å²) in [5.74, 6) is 0. The van der Waals surface area contributed by atoms with Gasteiger partial charge in [0.15, 0.2) is 23.3 Å². The van der Waals surface area contributed by atoms with E-state index in [2.05, 4.69) is 19.5 Å². The molecule has 1 fully saturated rings. The molecule has 1 aliphatic rings. The van der Waals surface area contributed by atoms with Crippen LogP contribution in [-0.2, 0) is 13.8 Å². The predicted molar refractivity (Wildman–Crippen MR) is 69.4 cm³/mol. The van der Waals surface area contributed by atoms with Gasteiger partial charge in [0.1, 0.15) is 24.1 Å². The van der Waals surface area contributed by atoms with Crippen LogP contribution in [0.1, 0.15) is 6.23 Å². The number of phosphoric ester groups is 1. The number of hydrogen-bond acceptors (Lipinski definition) is 8. The zero-order valence-corrected chi connectivity index (χ0v) is 12.2. The Hall–Kier alpha value is -1.17. The smallest absolute Gasteiger partial charge is 0.385 e. The summed E-state index contributed by atoms with van der Waals surface area (Å²) < 4.78 is 21.5. The molecular formula is C9H10ClN4O7P. The molecule has 1 aliphatic heterocycles. The average molecular weight is 353 g/mol. The summed E-state index contributed by atoms with van der Waals surface area (Å²) in [6.07, 6.45) is -3.72. The summed E-state index contributed by atoms with van der Waals surface area (Å²) in [4.78, 5) is 29.2. The first-order valence-corrected chi connectivity index (χ1v) is 7.77. The second-order valence-electron chi connectivity index (χ2n) is 4.46. The maximum absolute atomic E-state index is 10.8. The van der Waals surface area contributed by atoms with E-state index in [1.54, 1.807) is 0 Å². The van der Waals surface area contributed by atoms with Gasteiger partial charge in [0.05, 0.1) is 6.33 Å². The SMILES string of the molecule is O=P(O)(O)O[C@H]1OC(n2cnc3c(Cl)ncnc32)[C@H](O)[C@@H]1O. The first-order valence-electron chi connectivity index (χ1n) is 5.86. The molecule has 3 heterocycles. The lowest BCUT2D eigenvalue weighted by Gasteiger charge is -2.16. The summed E-state index contributed by atoms with van der Waals surface area (Å²) in [6.45, 7) is 0. The third kappa shape index (κ3) is 2.73. The quantitative estimate of drug-likeness (QED) is 0.405. The minimum absolute atomic E-state index is 0.0832. The molecule has 0 radical (unpaired) electrons. The van der Waals surface area contributed by atoms with Crippen LogP contribution in [0.5, 0.6) is 0 Å². The van der Waals surface area contributed by atoms with Gasteiger partial charge in [-0.1, -0.05) is 11.6 Å². The highest BCUT2D eigenvalue weighted by Gasteiger charge is 2.47. The van der Waals surface area contributed by atoms with Gasteiger partial charge in [-0.15, -0.1) is 0 Å². The largest absolute Gasteiger partial charge is 0.472 e. The van der Waals surface area contributed by atoms with E-state index in [0.717, 1.165) is 0 Å². The van der Waals surface area contributed by atoms with Gasteiger partial charge in [0, 0.05) is 0 Å². The minimum Gasteiger partial charge on any atom is -0.385 e. The van der Waals surface area contributed by atoms with Crippen LogP contribution in [0, 0.1) is 0 Å². The number of rotatable bonds is 3. The van der Waals surface area contributed by atoms with E-state index in [1.807, 2.05) is 0 Å². The Morgan fingerprint density at radius 3 is 2.68 bits per heavy atom. The second kappa shape index (κ2) is 5.48. The number of aliphatic hydroxyl groups is 2. The monoisotopic (exact) mass is 352 g/mol. The summed E-state index contributed by atoms with van der Waals surface area (Å²) in [5.41, 5.74) is 0.460. The van der Waals surface area contributed by atoms with Crippen LogP contribution < -0.4 is 0 Å². The predicted octanol–water partition coefficient (Wildman–Crippen LogP) is -0.834. The van der Waals surface area contributed by atoms with Crippen LogP contribution in [0.4, 0.5) is 0 Å². The van der Waals surface area contributed by atoms with Crippen LogP contribution in [0.2, 0.25) is 5.15 Å². The van der Waals surface area contributed by atoms with Crippen LogP contribution in [-0.4, -0.2) is 58.0 Å². The topological polar surface area (TPSA) is 160 Å². The van der Waals surface area contributed by atoms with E-state index in [0.29, 0.717) is 0 Å². The van der Waals surface area contributed by atoms with Crippen molar-refractivity contribution in [1.29, 1.82) is 0 Å². The molecule has 120 valence electrons. The molecular weight excluding hydrogens is 343 g/mol. The zero-order chi connectivity index (χ0) is 16.1. The third-order valence-electron chi connectivity index (χ3n) is 3.02. The molecule has 22 heavy (non-hydrogen) atoms. The number of ether oxygens (including phenoxy) is 1. The molecule has 0 aromatic carbocycles. The number of phosphoric acid groups is 1. The van der Waals surface area contributed by atoms with Crippen molar-refractivity contribution in [1.82, 2.24) is 19.5 Å². The van der Waals surface area contributed by atoms with Gasteiger partial charge in [-0.05, 0) is 0 Å². The van der Waals surface area contributed by atoms with Crippen molar-refractivity contribution in [3.63, 3.8) is 0 Å². The maximum atomic E-state index is 10.8. The normalized spacial score (nSPS) is 29.3. The lowest BCUT2D eigenvalue weighted by molar-refractivity contribution is -0.134. The highest BCUT2D eigenvalue weighted by Crippen LogP contribution is 2.43. The first-order chi connectivity index (χ1) is 10.3. The van der Waals surface area contributed by atoms with Crippen LogP contribution >= 0.6 is 19.4 Å². The molecule has 3 rings (SSSR count). The van der Waals surface area contributed by atoms with Gasteiger partial charge in [-0.25, -0.2) is 19.5 Å². The van der Waals surface area contributed by atoms with Crippen molar-refractivity contribution in [2.24, 2.45) is 0 Å². The number of fused-ring (bicyclic) bond motifs is 1. The van der Waals surface area contributed by atoms with Gasteiger partial charge >= 0.3 is 7.82 Å². The molecule has 1 saturated heterocycles. The molecule has 2 aromatic heterocycles. The molecule has 1 unspecified atom stereocenters. The summed E-state index contributed by atoms with van der Waals surface area (Å²) in [7, 11) is -4.91. The Morgan fingerprint density at radius 1 is 1.27 bits per heavy atom. The van der Waals surface area contributed by atoms with E-state index in [-0.39, 0.29) is 16.3 Å². The highest BCUT2D eigenvalue weighted by atomic mass is 35.5. The number of hydrogen-bond donors (Lipinski definition) is 4.